The van der Waals surface area contributed by atoms with Crippen molar-refractivity contribution < 1.29 is 19.1 Å². The van der Waals surface area contributed by atoms with Gasteiger partial charge in [-0.25, -0.2) is 0 Å². The number of thioether (sulfide) groups is 1. The van der Waals surface area contributed by atoms with Crippen LogP contribution < -0.4 is 10.1 Å². The molecule has 3 amide bonds. The van der Waals surface area contributed by atoms with Gasteiger partial charge in [-0.2, -0.15) is 0 Å². The van der Waals surface area contributed by atoms with Gasteiger partial charge in [-0.05, 0) is 35.9 Å². The molecular weight excluding hydrogens is 340 g/mol. The maximum atomic E-state index is 12.3. The number of carbonyl (C=O) groups is 3. The number of nitrogens with one attached hydrogen (secondary N) is 1. The Bertz CT molecular complexity index is 804. The molecule has 0 bridgehead atoms. The third kappa shape index (κ3) is 4.00. The lowest BCUT2D eigenvalue weighted by Gasteiger charge is -2.13. The number of carbonyl (C=O) groups excluding carboxylic acids is 3. The highest BCUT2D eigenvalue weighted by Crippen LogP contribution is 2.22. The van der Waals surface area contributed by atoms with Crippen LogP contribution in [0.2, 0.25) is 0 Å². The lowest BCUT2D eigenvalue weighted by Crippen LogP contribution is -2.27. The number of hydrogen-bond acceptors (Lipinski definition) is 5. The molecule has 7 heteroatoms. The summed E-state index contributed by atoms with van der Waals surface area (Å²) >= 11 is 1.02. The number of hydrogen-bond donors (Lipinski definition) is 1. The molecule has 0 spiro atoms. The molecule has 1 heterocycles. The molecule has 0 radical (unpaired) electrons. The van der Waals surface area contributed by atoms with Crippen LogP contribution in [0.25, 0.3) is 0 Å². The van der Waals surface area contributed by atoms with E-state index in [-0.39, 0.29) is 29.4 Å². The van der Waals surface area contributed by atoms with Crippen LogP contribution in [0.4, 0.5) is 10.5 Å². The summed E-state index contributed by atoms with van der Waals surface area (Å²) in [4.78, 5) is 36.7. The standard InChI is InChI=1S/C18H16N2O4S/c1-24-15-4-2-3-13(9-15)17(22)19-14-7-5-12(6-8-14)10-20-16(21)11-25-18(20)23/h2-9H,10-11H2,1H3,(H,19,22). The Morgan fingerprint density at radius 3 is 2.60 bits per heavy atom. The lowest BCUT2D eigenvalue weighted by molar-refractivity contribution is -0.125. The Morgan fingerprint density at radius 2 is 1.96 bits per heavy atom. The summed E-state index contributed by atoms with van der Waals surface area (Å²) < 4.78 is 5.11. The van der Waals surface area contributed by atoms with Gasteiger partial charge >= 0.3 is 0 Å². The van der Waals surface area contributed by atoms with E-state index < -0.39 is 0 Å². The molecule has 128 valence electrons. The maximum absolute atomic E-state index is 12.3. The molecule has 1 saturated heterocycles. The van der Waals surface area contributed by atoms with Gasteiger partial charge in [0, 0.05) is 11.3 Å². The summed E-state index contributed by atoms with van der Waals surface area (Å²) in [6, 6.07) is 13.9. The van der Waals surface area contributed by atoms with Crippen molar-refractivity contribution in [3.63, 3.8) is 0 Å². The molecule has 1 aliphatic heterocycles. The number of nitrogens with zero attached hydrogens (tertiary/aromatic N) is 1. The second-order valence-electron chi connectivity index (χ2n) is 5.42. The van der Waals surface area contributed by atoms with Crippen LogP contribution in [0.1, 0.15) is 15.9 Å². The van der Waals surface area contributed by atoms with E-state index >= 15 is 0 Å². The van der Waals surface area contributed by atoms with Crippen LogP contribution in [0.3, 0.4) is 0 Å². The first-order chi connectivity index (χ1) is 12.1. The molecule has 2 aromatic rings. The quantitative estimate of drug-likeness (QED) is 0.891. The molecule has 1 aliphatic rings. The van der Waals surface area contributed by atoms with Crippen LogP contribution >= 0.6 is 11.8 Å². The number of rotatable bonds is 5. The summed E-state index contributed by atoms with van der Waals surface area (Å²) in [6.07, 6.45) is 0. The predicted octanol–water partition coefficient (Wildman–Crippen LogP) is 3.14. The SMILES string of the molecule is COc1cccc(C(=O)Nc2ccc(CN3C(=O)CSC3=O)cc2)c1. The molecule has 0 saturated carbocycles. The summed E-state index contributed by atoms with van der Waals surface area (Å²) in [6.45, 7) is 0.245. The van der Waals surface area contributed by atoms with Gasteiger partial charge in [-0.15, -0.1) is 0 Å². The average Bonchev–Trinajstić information content (AvgIpc) is 2.95. The first-order valence-corrected chi connectivity index (χ1v) is 8.57. The molecule has 0 atom stereocenters. The van der Waals surface area contributed by atoms with Gasteiger partial charge in [-0.1, -0.05) is 30.0 Å². The van der Waals surface area contributed by atoms with Crippen molar-refractivity contribution in [2.24, 2.45) is 0 Å². The van der Waals surface area contributed by atoms with E-state index in [2.05, 4.69) is 5.32 Å². The molecule has 6 nitrogen and oxygen atoms in total. The Kier molecular flexibility index (Phi) is 5.04. The summed E-state index contributed by atoms with van der Waals surface area (Å²) in [5.41, 5.74) is 1.95. The third-order valence-corrected chi connectivity index (χ3v) is 4.58. The van der Waals surface area contributed by atoms with E-state index in [1.807, 2.05) is 0 Å². The largest absolute Gasteiger partial charge is 0.497 e. The van der Waals surface area contributed by atoms with Gasteiger partial charge < -0.3 is 10.1 Å². The van der Waals surface area contributed by atoms with Crippen molar-refractivity contribution in [1.29, 1.82) is 0 Å². The van der Waals surface area contributed by atoms with E-state index in [1.165, 1.54) is 4.90 Å². The van der Waals surface area contributed by atoms with Gasteiger partial charge in [0.05, 0.1) is 19.4 Å². The van der Waals surface area contributed by atoms with Crippen LogP contribution in [-0.4, -0.2) is 34.8 Å². The molecule has 0 aliphatic carbocycles. The van der Waals surface area contributed by atoms with Crippen molar-refractivity contribution in [2.75, 3.05) is 18.2 Å². The molecule has 1 N–H and O–H groups in total. The normalized spacial score (nSPS) is 13.9. The Hall–Kier alpha value is -2.80. The second kappa shape index (κ2) is 7.40. The molecule has 2 aromatic carbocycles. The topological polar surface area (TPSA) is 75.7 Å². The van der Waals surface area contributed by atoms with Crippen LogP contribution in [0, 0.1) is 0 Å². The fourth-order valence-corrected chi connectivity index (χ4v) is 3.10. The van der Waals surface area contributed by atoms with Crippen LogP contribution in [0.15, 0.2) is 48.5 Å². The van der Waals surface area contributed by atoms with Gasteiger partial charge in [0.1, 0.15) is 5.75 Å². The molecular formula is C18H16N2O4S. The fraction of sp³-hybridized carbons (Fsp3) is 0.167. The Labute approximate surface area is 149 Å². The van der Waals surface area contributed by atoms with Crippen LogP contribution in [0.5, 0.6) is 5.75 Å². The third-order valence-electron chi connectivity index (χ3n) is 3.72. The van der Waals surface area contributed by atoms with E-state index in [0.29, 0.717) is 17.0 Å². The predicted molar refractivity (Wildman–Crippen MR) is 95.8 cm³/mol. The molecule has 0 unspecified atom stereocenters. The number of amides is 3. The zero-order valence-corrected chi connectivity index (χ0v) is 14.3. The molecule has 1 fully saturated rings. The highest BCUT2D eigenvalue weighted by atomic mass is 32.2. The monoisotopic (exact) mass is 356 g/mol. The number of imide groups is 1. The summed E-state index contributed by atoms with van der Waals surface area (Å²) in [5.74, 6) is 0.396. The lowest BCUT2D eigenvalue weighted by atomic mass is 10.1. The fourth-order valence-electron chi connectivity index (χ4n) is 2.38. The second-order valence-corrected chi connectivity index (χ2v) is 6.34. The van der Waals surface area contributed by atoms with Crippen molar-refractivity contribution in [2.45, 2.75) is 6.54 Å². The van der Waals surface area contributed by atoms with Crippen molar-refractivity contribution in [3.8, 4) is 5.75 Å². The van der Waals surface area contributed by atoms with E-state index in [9.17, 15) is 14.4 Å². The van der Waals surface area contributed by atoms with Crippen molar-refractivity contribution in [3.05, 3.63) is 59.7 Å². The van der Waals surface area contributed by atoms with Gasteiger partial charge in [0.15, 0.2) is 0 Å². The minimum atomic E-state index is -0.243. The zero-order chi connectivity index (χ0) is 17.8. The highest BCUT2D eigenvalue weighted by molar-refractivity contribution is 8.14. The number of anilines is 1. The van der Waals surface area contributed by atoms with Crippen molar-refractivity contribution >= 4 is 34.5 Å². The van der Waals surface area contributed by atoms with E-state index in [1.54, 1.807) is 55.6 Å². The first kappa shape index (κ1) is 17.0. The highest BCUT2D eigenvalue weighted by Gasteiger charge is 2.29. The smallest absolute Gasteiger partial charge is 0.289 e. The van der Waals surface area contributed by atoms with E-state index in [4.69, 9.17) is 4.74 Å². The van der Waals surface area contributed by atoms with Gasteiger partial charge in [-0.3, -0.25) is 19.3 Å². The number of methoxy groups -OCH3 is 1. The maximum Gasteiger partial charge on any atom is 0.289 e. The molecule has 0 aromatic heterocycles. The Balaban J connectivity index is 1.65. The van der Waals surface area contributed by atoms with E-state index in [0.717, 1.165) is 17.3 Å². The molecule has 25 heavy (non-hydrogen) atoms. The first-order valence-electron chi connectivity index (χ1n) is 7.58. The van der Waals surface area contributed by atoms with Crippen LogP contribution in [-0.2, 0) is 11.3 Å². The van der Waals surface area contributed by atoms with Crippen molar-refractivity contribution in [1.82, 2.24) is 4.90 Å². The zero-order valence-electron chi connectivity index (χ0n) is 13.5. The average molecular weight is 356 g/mol. The summed E-state index contributed by atoms with van der Waals surface area (Å²) in [5, 5.41) is 2.58. The Morgan fingerprint density at radius 1 is 1.20 bits per heavy atom. The summed E-state index contributed by atoms with van der Waals surface area (Å²) in [7, 11) is 1.55. The number of ether oxygens (including phenoxy) is 1. The van der Waals surface area contributed by atoms with Gasteiger partial charge in [0.2, 0.25) is 5.91 Å². The minimum Gasteiger partial charge on any atom is -0.497 e. The molecule has 3 rings (SSSR count). The number of benzene rings is 2. The minimum absolute atomic E-state index is 0.176. The van der Waals surface area contributed by atoms with Gasteiger partial charge in [0.25, 0.3) is 11.1 Å².